The highest BCUT2D eigenvalue weighted by atomic mass is 19.4. The van der Waals surface area contributed by atoms with E-state index in [-0.39, 0.29) is 0 Å². The molecule has 0 aliphatic heterocycles. The van der Waals surface area contributed by atoms with Gasteiger partial charge in [0.15, 0.2) is 5.60 Å². The monoisotopic (exact) mass is 186 g/mol. The maximum Gasteiger partial charge on any atom is 0.419 e. The van der Waals surface area contributed by atoms with Gasteiger partial charge in [-0.25, -0.2) is 0 Å². The summed E-state index contributed by atoms with van der Waals surface area (Å²) in [6, 6.07) is 0. The molecule has 0 aliphatic carbocycles. The average molecular weight is 186 g/mol. The summed E-state index contributed by atoms with van der Waals surface area (Å²) in [5.74, 6) is 0. The van der Waals surface area contributed by atoms with Crippen LogP contribution in [0.5, 0.6) is 0 Å². The zero-order chi connectivity index (χ0) is 10.2. The number of hydrogen-bond acceptors (Lipinski definition) is 2. The molecule has 0 amide bonds. The third-order valence-corrected chi connectivity index (χ3v) is 2.23. The number of methoxy groups -OCH3 is 1. The molecule has 0 aliphatic rings. The van der Waals surface area contributed by atoms with E-state index in [1.54, 1.807) is 0 Å². The molecule has 74 valence electrons. The zero-order valence-electron chi connectivity index (χ0n) is 7.49. The van der Waals surface area contributed by atoms with E-state index < -0.39 is 17.4 Å². The van der Waals surface area contributed by atoms with E-state index in [0.717, 1.165) is 7.11 Å². The molecule has 1 atom stereocenters. The second-order valence-electron chi connectivity index (χ2n) is 3.28. The van der Waals surface area contributed by atoms with Crippen LogP contribution in [0.1, 0.15) is 20.8 Å². The summed E-state index contributed by atoms with van der Waals surface area (Å²) in [6.45, 7) is 3.05. The van der Waals surface area contributed by atoms with E-state index in [9.17, 15) is 13.2 Å². The number of rotatable bonds is 2. The van der Waals surface area contributed by atoms with E-state index in [2.05, 4.69) is 4.74 Å². The Morgan fingerprint density at radius 2 is 1.42 bits per heavy atom. The van der Waals surface area contributed by atoms with Crippen LogP contribution in [0.4, 0.5) is 13.2 Å². The first-order chi connectivity index (χ1) is 5.06. The van der Waals surface area contributed by atoms with Gasteiger partial charge in [0.05, 0.1) is 5.60 Å². The molecule has 0 heterocycles. The van der Waals surface area contributed by atoms with Crippen LogP contribution in [-0.4, -0.2) is 29.6 Å². The van der Waals surface area contributed by atoms with E-state index >= 15 is 0 Å². The molecule has 0 saturated carbocycles. The van der Waals surface area contributed by atoms with Crippen LogP contribution in [0.25, 0.3) is 0 Å². The molecule has 0 aromatic heterocycles. The molecule has 1 N–H and O–H groups in total. The second-order valence-corrected chi connectivity index (χ2v) is 3.28. The molecule has 12 heavy (non-hydrogen) atoms. The van der Waals surface area contributed by atoms with Crippen molar-refractivity contribution in [3.63, 3.8) is 0 Å². The molecular weight excluding hydrogens is 173 g/mol. The fourth-order valence-electron chi connectivity index (χ4n) is 0.540. The van der Waals surface area contributed by atoms with Crippen molar-refractivity contribution >= 4 is 0 Å². The van der Waals surface area contributed by atoms with Gasteiger partial charge in [0.2, 0.25) is 0 Å². The molecule has 0 bridgehead atoms. The van der Waals surface area contributed by atoms with Gasteiger partial charge < -0.3 is 9.84 Å². The highest BCUT2D eigenvalue weighted by Crippen LogP contribution is 2.39. The number of hydrogen-bond donors (Lipinski definition) is 1. The first-order valence-corrected chi connectivity index (χ1v) is 3.40. The van der Waals surface area contributed by atoms with Crippen LogP contribution in [0.2, 0.25) is 0 Å². The van der Waals surface area contributed by atoms with Gasteiger partial charge in [-0.1, -0.05) is 0 Å². The lowest BCUT2D eigenvalue weighted by molar-refractivity contribution is -0.308. The minimum atomic E-state index is -4.69. The Morgan fingerprint density at radius 1 is 1.08 bits per heavy atom. The van der Waals surface area contributed by atoms with Gasteiger partial charge in [-0.3, -0.25) is 0 Å². The number of halogens is 3. The molecule has 0 aromatic carbocycles. The fourth-order valence-corrected chi connectivity index (χ4v) is 0.540. The van der Waals surface area contributed by atoms with Crippen molar-refractivity contribution in [2.75, 3.05) is 7.11 Å². The lowest BCUT2D eigenvalue weighted by Gasteiger charge is -2.39. The van der Waals surface area contributed by atoms with Crippen molar-refractivity contribution in [2.24, 2.45) is 0 Å². The first-order valence-electron chi connectivity index (χ1n) is 3.40. The first kappa shape index (κ1) is 11.7. The van der Waals surface area contributed by atoms with Crippen molar-refractivity contribution in [3.8, 4) is 0 Å². The molecular formula is C7H13F3O2. The van der Waals surface area contributed by atoms with Crippen molar-refractivity contribution in [1.82, 2.24) is 0 Å². The smallest absolute Gasteiger partial charge is 0.378 e. The highest BCUT2D eigenvalue weighted by Gasteiger charge is 2.59. The standard InChI is InChI=1S/C7H13F3O2/c1-5(2,12-4)6(3,11)7(8,9)10/h11H,1-4H3. The molecule has 0 fully saturated rings. The third-order valence-electron chi connectivity index (χ3n) is 2.23. The van der Waals surface area contributed by atoms with E-state index in [1.807, 2.05) is 0 Å². The maximum atomic E-state index is 12.2. The van der Waals surface area contributed by atoms with Gasteiger partial charge in [-0.2, -0.15) is 13.2 Å². The molecule has 0 rings (SSSR count). The summed E-state index contributed by atoms with van der Waals surface area (Å²) >= 11 is 0. The Bertz CT molecular complexity index is 161. The molecule has 0 spiro atoms. The highest BCUT2D eigenvalue weighted by molar-refractivity contribution is 4.96. The van der Waals surface area contributed by atoms with Crippen molar-refractivity contribution < 1.29 is 23.0 Å². The number of alkyl halides is 3. The lowest BCUT2D eigenvalue weighted by atomic mass is 9.87. The zero-order valence-corrected chi connectivity index (χ0v) is 7.49. The van der Waals surface area contributed by atoms with Gasteiger partial charge in [0, 0.05) is 7.11 Å². The Morgan fingerprint density at radius 3 is 1.50 bits per heavy atom. The number of ether oxygens (including phenoxy) is 1. The average Bonchev–Trinajstić information content (AvgIpc) is 1.85. The van der Waals surface area contributed by atoms with Gasteiger partial charge in [-0.05, 0) is 20.8 Å². The van der Waals surface area contributed by atoms with Gasteiger partial charge in [-0.15, -0.1) is 0 Å². The largest absolute Gasteiger partial charge is 0.419 e. The minimum absolute atomic E-state index is 0.691. The molecule has 0 aromatic rings. The Balaban J connectivity index is 4.85. The van der Waals surface area contributed by atoms with Crippen LogP contribution in [0.15, 0.2) is 0 Å². The summed E-state index contributed by atoms with van der Waals surface area (Å²) in [5.41, 5.74) is -4.49. The van der Waals surface area contributed by atoms with Crippen LogP contribution >= 0.6 is 0 Å². The van der Waals surface area contributed by atoms with Gasteiger partial charge in [0.25, 0.3) is 0 Å². The van der Waals surface area contributed by atoms with E-state index in [0.29, 0.717) is 6.92 Å². The van der Waals surface area contributed by atoms with Crippen molar-refractivity contribution in [2.45, 2.75) is 38.1 Å². The lowest BCUT2D eigenvalue weighted by Crippen LogP contribution is -2.58. The summed E-state index contributed by atoms with van der Waals surface area (Å²) in [7, 11) is 1.13. The molecule has 1 unspecified atom stereocenters. The topological polar surface area (TPSA) is 29.5 Å². The minimum Gasteiger partial charge on any atom is -0.378 e. The van der Waals surface area contributed by atoms with Crippen LogP contribution in [0.3, 0.4) is 0 Å². The summed E-state index contributed by atoms with van der Waals surface area (Å²) in [5, 5.41) is 9.13. The Labute approximate surface area is 69.3 Å². The van der Waals surface area contributed by atoms with Crippen LogP contribution in [-0.2, 0) is 4.74 Å². The van der Waals surface area contributed by atoms with E-state index in [1.165, 1.54) is 13.8 Å². The van der Waals surface area contributed by atoms with Gasteiger partial charge >= 0.3 is 6.18 Å². The molecule has 0 saturated heterocycles. The molecule has 2 nitrogen and oxygen atoms in total. The predicted molar refractivity (Wildman–Crippen MR) is 37.8 cm³/mol. The fraction of sp³-hybridized carbons (Fsp3) is 1.00. The van der Waals surface area contributed by atoms with Gasteiger partial charge in [0.1, 0.15) is 0 Å². The van der Waals surface area contributed by atoms with E-state index in [4.69, 9.17) is 5.11 Å². The summed E-state index contributed by atoms with van der Waals surface area (Å²) in [4.78, 5) is 0. The Hall–Kier alpha value is -0.290. The second kappa shape index (κ2) is 2.88. The SMILES string of the molecule is COC(C)(C)C(C)(O)C(F)(F)F. The predicted octanol–water partition coefficient (Wildman–Crippen LogP) is 1.72. The summed E-state index contributed by atoms with van der Waals surface area (Å²) < 4.78 is 41.1. The van der Waals surface area contributed by atoms with Crippen molar-refractivity contribution in [3.05, 3.63) is 0 Å². The van der Waals surface area contributed by atoms with Crippen LogP contribution in [0, 0.1) is 0 Å². The quantitative estimate of drug-likeness (QED) is 0.711. The maximum absolute atomic E-state index is 12.2. The van der Waals surface area contributed by atoms with Crippen LogP contribution < -0.4 is 0 Å². The Kier molecular flexibility index (Phi) is 2.81. The number of aliphatic hydroxyl groups is 1. The summed E-state index contributed by atoms with van der Waals surface area (Å²) in [6.07, 6.45) is -4.69. The van der Waals surface area contributed by atoms with Crippen molar-refractivity contribution in [1.29, 1.82) is 0 Å². The normalized spacial score (nSPS) is 19.0. The third kappa shape index (κ3) is 1.72. The molecule has 5 heteroatoms. The molecule has 0 radical (unpaired) electrons.